The lowest BCUT2D eigenvalue weighted by atomic mass is 10.1. The molecule has 0 atom stereocenters. The molecule has 0 saturated carbocycles. The predicted molar refractivity (Wildman–Crippen MR) is 57.5 cm³/mol. The zero-order valence-electron chi connectivity index (χ0n) is 8.58. The van der Waals surface area contributed by atoms with Crippen LogP contribution >= 0.6 is 0 Å². The number of ether oxygens (including phenoxy) is 1. The van der Waals surface area contributed by atoms with E-state index < -0.39 is 0 Å². The van der Waals surface area contributed by atoms with Crippen LogP contribution in [0.2, 0.25) is 0 Å². The number of nitrogens with zero attached hydrogens (tertiary/aromatic N) is 1. The molecule has 0 fully saturated rings. The normalized spacial score (nSPS) is 9.73. The fraction of sp³-hybridized carbons (Fsp3) is 0.300. The molecule has 0 amide bonds. The fourth-order valence-electron chi connectivity index (χ4n) is 1.33. The van der Waals surface area contributed by atoms with Gasteiger partial charge in [-0.05, 0) is 11.6 Å². The predicted octanol–water partition coefficient (Wildman–Crippen LogP) is 1.70. The summed E-state index contributed by atoms with van der Waals surface area (Å²) in [5, 5.41) is 10.3. The Morgan fingerprint density at radius 3 is 2.80 bits per heavy atom. The standard InChI is InChI=1S/C10H14N4O/c1-15-9-3-2-7(4-8(9)6-11)5-10(12)14-13/h2-4,12-13H,5-6,11H2,1H3. The molecular weight excluding hydrogens is 192 g/mol. The molecule has 1 aromatic carbocycles. The first kappa shape index (κ1) is 11.3. The number of nitrogens with two attached hydrogens (primary N) is 1. The summed E-state index contributed by atoms with van der Waals surface area (Å²) in [5.41, 5.74) is 14.1. The van der Waals surface area contributed by atoms with Crippen molar-refractivity contribution < 1.29 is 4.74 Å². The summed E-state index contributed by atoms with van der Waals surface area (Å²) in [6.45, 7) is 0.391. The van der Waals surface area contributed by atoms with Crippen LogP contribution in [0.15, 0.2) is 23.3 Å². The lowest BCUT2D eigenvalue weighted by molar-refractivity contribution is 0.409. The summed E-state index contributed by atoms with van der Waals surface area (Å²) >= 11 is 0. The third-order valence-electron chi connectivity index (χ3n) is 2.07. The third-order valence-corrected chi connectivity index (χ3v) is 2.07. The minimum Gasteiger partial charge on any atom is -0.496 e. The van der Waals surface area contributed by atoms with Gasteiger partial charge in [-0.3, -0.25) is 5.41 Å². The first-order valence-electron chi connectivity index (χ1n) is 4.52. The number of amidine groups is 1. The number of hydrogen-bond acceptors (Lipinski definition) is 4. The van der Waals surface area contributed by atoms with Crippen molar-refractivity contribution in [3.8, 4) is 5.75 Å². The highest BCUT2D eigenvalue weighted by Gasteiger charge is 2.04. The molecule has 0 heterocycles. The molecule has 15 heavy (non-hydrogen) atoms. The monoisotopic (exact) mass is 206 g/mol. The second-order valence-electron chi connectivity index (χ2n) is 3.09. The van der Waals surface area contributed by atoms with Crippen molar-refractivity contribution in [2.75, 3.05) is 7.11 Å². The van der Waals surface area contributed by atoms with E-state index in [0.29, 0.717) is 13.0 Å². The highest BCUT2D eigenvalue weighted by molar-refractivity contribution is 5.81. The Morgan fingerprint density at radius 1 is 1.53 bits per heavy atom. The molecule has 1 rings (SSSR count). The second-order valence-corrected chi connectivity index (χ2v) is 3.09. The van der Waals surface area contributed by atoms with E-state index in [1.165, 1.54) is 0 Å². The van der Waals surface area contributed by atoms with Crippen LogP contribution in [-0.4, -0.2) is 12.9 Å². The van der Waals surface area contributed by atoms with Crippen molar-refractivity contribution in [1.29, 1.82) is 10.9 Å². The zero-order chi connectivity index (χ0) is 11.3. The Balaban J connectivity index is 2.92. The van der Waals surface area contributed by atoms with Crippen LogP contribution in [0.1, 0.15) is 11.1 Å². The van der Waals surface area contributed by atoms with Crippen molar-refractivity contribution in [2.24, 2.45) is 10.8 Å². The Hall–Kier alpha value is -1.75. The second kappa shape index (κ2) is 5.21. The molecule has 0 aromatic heterocycles. The maximum atomic E-state index is 7.28. The summed E-state index contributed by atoms with van der Waals surface area (Å²) < 4.78 is 5.13. The average Bonchev–Trinajstić information content (AvgIpc) is 2.28. The quantitative estimate of drug-likeness (QED) is 0.397. The third kappa shape index (κ3) is 2.85. The van der Waals surface area contributed by atoms with Crippen molar-refractivity contribution in [3.63, 3.8) is 0 Å². The molecule has 0 radical (unpaired) electrons. The average molecular weight is 206 g/mol. The van der Waals surface area contributed by atoms with Gasteiger partial charge in [-0.25, -0.2) is 5.53 Å². The summed E-state index contributed by atoms with van der Waals surface area (Å²) in [7, 11) is 1.59. The molecule has 0 aliphatic heterocycles. The van der Waals surface area contributed by atoms with E-state index in [-0.39, 0.29) is 5.84 Å². The van der Waals surface area contributed by atoms with Gasteiger partial charge in [0.25, 0.3) is 0 Å². The van der Waals surface area contributed by atoms with Gasteiger partial charge in [0.15, 0.2) is 0 Å². The molecule has 0 bridgehead atoms. The van der Waals surface area contributed by atoms with E-state index in [1.807, 2.05) is 18.2 Å². The van der Waals surface area contributed by atoms with Crippen LogP contribution in [0.25, 0.3) is 0 Å². The van der Waals surface area contributed by atoms with Crippen LogP contribution in [0.4, 0.5) is 0 Å². The number of benzene rings is 1. The topological polar surface area (TPSA) is 95.3 Å². The maximum Gasteiger partial charge on any atom is 0.147 e. The van der Waals surface area contributed by atoms with Crippen LogP contribution in [-0.2, 0) is 13.0 Å². The van der Waals surface area contributed by atoms with E-state index in [1.54, 1.807) is 7.11 Å². The summed E-state index contributed by atoms with van der Waals surface area (Å²) in [5.74, 6) is 0.777. The van der Waals surface area contributed by atoms with E-state index in [0.717, 1.165) is 16.9 Å². The molecule has 4 N–H and O–H groups in total. The van der Waals surface area contributed by atoms with Gasteiger partial charge in [-0.15, -0.1) is 5.11 Å². The lowest BCUT2D eigenvalue weighted by Crippen LogP contribution is -2.03. The molecular formula is C10H14N4O. The van der Waals surface area contributed by atoms with Gasteiger partial charge in [0.2, 0.25) is 0 Å². The van der Waals surface area contributed by atoms with Gasteiger partial charge >= 0.3 is 0 Å². The lowest BCUT2D eigenvalue weighted by Gasteiger charge is -2.08. The molecule has 80 valence electrons. The molecule has 5 nitrogen and oxygen atoms in total. The Bertz CT molecular complexity index is 376. The fourth-order valence-corrected chi connectivity index (χ4v) is 1.33. The van der Waals surface area contributed by atoms with Crippen LogP contribution in [0, 0.1) is 10.9 Å². The summed E-state index contributed by atoms with van der Waals surface area (Å²) in [6.07, 6.45) is 0.348. The van der Waals surface area contributed by atoms with Crippen molar-refractivity contribution in [3.05, 3.63) is 29.3 Å². The van der Waals surface area contributed by atoms with Crippen LogP contribution in [0.3, 0.4) is 0 Å². The van der Waals surface area contributed by atoms with E-state index in [2.05, 4.69) is 5.11 Å². The minimum atomic E-state index is 0.0307. The van der Waals surface area contributed by atoms with Crippen molar-refractivity contribution in [1.82, 2.24) is 0 Å². The van der Waals surface area contributed by atoms with Gasteiger partial charge in [-0.2, -0.15) is 0 Å². The minimum absolute atomic E-state index is 0.0307. The summed E-state index contributed by atoms with van der Waals surface area (Å²) in [6, 6.07) is 5.53. The van der Waals surface area contributed by atoms with Crippen LogP contribution in [0.5, 0.6) is 5.75 Å². The molecule has 1 aromatic rings. The Morgan fingerprint density at radius 2 is 2.27 bits per heavy atom. The van der Waals surface area contributed by atoms with E-state index in [9.17, 15) is 0 Å². The molecule has 5 heteroatoms. The maximum absolute atomic E-state index is 7.28. The molecule has 0 spiro atoms. The Labute approximate surface area is 88.3 Å². The van der Waals surface area contributed by atoms with E-state index >= 15 is 0 Å². The first-order valence-corrected chi connectivity index (χ1v) is 4.52. The highest BCUT2D eigenvalue weighted by atomic mass is 16.5. The number of nitrogens with one attached hydrogen (secondary N) is 2. The molecule has 0 unspecified atom stereocenters. The number of rotatable bonds is 4. The number of methoxy groups -OCH3 is 1. The van der Waals surface area contributed by atoms with Crippen LogP contribution < -0.4 is 10.5 Å². The number of hydrogen-bond donors (Lipinski definition) is 3. The van der Waals surface area contributed by atoms with Gasteiger partial charge in [0.1, 0.15) is 11.6 Å². The van der Waals surface area contributed by atoms with Crippen molar-refractivity contribution in [2.45, 2.75) is 13.0 Å². The SMILES string of the molecule is COc1ccc(CC(=N)N=N)cc1CN. The van der Waals surface area contributed by atoms with Gasteiger partial charge in [-0.1, -0.05) is 12.1 Å². The largest absolute Gasteiger partial charge is 0.496 e. The van der Waals surface area contributed by atoms with E-state index in [4.69, 9.17) is 21.4 Å². The smallest absolute Gasteiger partial charge is 0.147 e. The summed E-state index contributed by atoms with van der Waals surface area (Å²) in [4.78, 5) is 0. The molecule has 0 aliphatic carbocycles. The zero-order valence-corrected chi connectivity index (χ0v) is 8.58. The first-order chi connectivity index (χ1) is 7.21. The Kier molecular flexibility index (Phi) is 3.93. The van der Waals surface area contributed by atoms with Gasteiger partial charge < -0.3 is 10.5 Å². The molecule has 0 saturated heterocycles. The molecule has 0 aliphatic rings. The van der Waals surface area contributed by atoms with Gasteiger partial charge in [0, 0.05) is 18.5 Å². The van der Waals surface area contributed by atoms with Crippen molar-refractivity contribution >= 4 is 5.84 Å². The highest BCUT2D eigenvalue weighted by Crippen LogP contribution is 2.19. The van der Waals surface area contributed by atoms with Gasteiger partial charge in [0.05, 0.1) is 7.11 Å².